The molecule has 1 heterocycles. The van der Waals surface area contributed by atoms with Crippen molar-refractivity contribution in [2.24, 2.45) is 0 Å². The molecular weight excluding hydrogens is 262 g/mol. The molecule has 2 aromatic rings. The predicted octanol–water partition coefficient (Wildman–Crippen LogP) is 3.11. The molecule has 0 aliphatic heterocycles. The van der Waals surface area contributed by atoms with Gasteiger partial charge in [-0.15, -0.1) is 5.10 Å². The zero-order valence-electron chi connectivity index (χ0n) is 11.4. The van der Waals surface area contributed by atoms with Crippen LogP contribution < -0.4 is 5.73 Å². The van der Waals surface area contributed by atoms with E-state index >= 15 is 0 Å². The largest absolute Gasteiger partial charge is 0.398 e. The monoisotopic (exact) mass is 279 g/mol. The average Bonchev–Trinajstić information content (AvgIpc) is 2.91. The lowest BCUT2D eigenvalue weighted by molar-refractivity contribution is 0.262. The molecule has 102 valence electrons. The van der Waals surface area contributed by atoms with Gasteiger partial charge in [0.1, 0.15) is 0 Å². The number of halogens is 1. The summed E-state index contributed by atoms with van der Waals surface area (Å²) in [6.07, 6.45) is 1.90. The number of rotatable bonds is 4. The van der Waals surface area contributed by atoms with E-state index in [0.717, 1.165) is 24.2 Å². The third-order valence-corrected chi connectivity index (χ3v) is 4.10. The molecule has 0 unspecified atom stereocenters. The number of nitrogens with two attached hydrogens (primary N) is 1. The summed E-state index contributed by atoms with van der Waals surface area (Å²) in [7, 11) is 0. The summed E-state index contributed by atoms with van der Waals surface area (Å²) in [6.45, 7) is 6.41. The van der Waals surface area contributed by atoms with Gasteiger partial charge in [0.05, 0.1) is 16.2 Å². The van der Waals surface area contributed by atoms with Gasteiger partial charge in [0.2, 0.25) is 0 Å². The highest BCUT2D eigenvalue weighted by Gasteiger charge is 2.27. The molecule has 0 amide bonds. The quantitative estimate of drug-likeness (QED) is 0.873. The lowest BCUT2D eigenvalue weighted by Gasteiger charge is -2.27. The fourth-order valence-corrected chi connectivity index (χ4v) is 2.08. The number of hydrogen-bond donors (Lipinski definition) is 1. The van der Waals surface area contributed by atoms with Crippen LogP contribution in [-0.2, 0) is 5.54 Å². The third-order valence-electron chi connectivity index (χ3n) is 3.76. The maximum atomic E-state index is 5.94. The maximum Gasteiger partial charge on any atom is 0.182 e. The van der Waals surface area contributed by atoms with E-state index in [1.165, 1.54) is 0 Å². The van der Waals surface area contributed by atoms with E-state index in [9.17, 15) is 0 Å². The molecule has 0 saturated heterocycles. The van der Waals surface area contributed by atoms with Crippen molar-refractivity contribution < 1.29 is 0 Å². The number of aromatic nitrogens is 4. The number of hydrogen-bond acceptors (Lipinski definition) is 4. The van der Waals surface area contributed by atoms with Crippen LogP contribution in [0, 0.1) is 0 Å². The molecule has 2 rings (SSSR count). The van der Waals surface area contributed by atoms with Gasteiger partial charge in [-0.05, 0) is 48.4 Å². The first-order chi connectivity index (χ1) is 9.01. The fraction of sp³-hybridized carbons (Fsp3) is 0.462. The lowest BCUT2D eigenvalue weighted by atomic mass is 9.95. The standard InChI is InChI=1S/C13H18ClN5/c1-4-13(3,5-2)19-12(16-17-18-19)9-6-7-10(14)11(15)8-9/h6-8H,4-5,15H2,1-3H3. The van der Waals surface area contributed by atoms with Gasteiger partial charge in [-0.3, -0.25) is 0 Å². The number of benzene rings is 1. The minimum atomic E-state index is -0.104. The molecule has 1 aromatic carbocycles. The highest BCUT2D eigenvalue weighted by atomic mass is 35.5. The van der Waals surface area contributed by atoms with Crippen molar-refractivity contribution in [3.05, 3.63) is 23.2 Å². The van der Waals surface area contributed by atoms with E-state index in [2.05, 4.69) is 36.3 Å². The second kappa shape index (κ2) is 5.17. The topological polar surface area (TPSA) is 69.6 Å². The molecular formula is C13H18ClN5. The van der Waals surface area contributed by atoms with Gasteiger partial charge < -0.3 is 5.73 Å². The first-order valence-electron chi connectivity index (χ1n) is 6.36. The molecule has 0 atom stereocenters. The summed E-state index contributed by atoms with van der Waals surface area (Å²) in [5.74, 6) is 0.717. The Morgan fingerprint density at radius 1 is 1.32 bits per heavy atom. The summed E-state index contributed by atoms with van der Waals surface area (Å²) in [5, 5.41) is 12.6. The van der Waals surface area contributed by atoms with Gasteiger partial charge in [-0.25, -0.2) is 4.68 Å². The molecule has 19 heavy (non-hydrogen) atoms. The molecule has 1 aromatic heterocycles. The van der Waals surface area contributed by atoms with Gasteiger partial charge >= 0.3 is 0 Å². The summed E-state index contributed by atoms with van der Waals surface area (Å²) < 4.78 is 1.87. The van der Waals surface area contributed by atoms with Crippen molar-refractivity contribution in [1.29, 1.82) is 0 Å². The summed E-state index contributed by atoms with van der Waals surface area (Å²) in [4.78, 5) is 0. The van der Waals surface area contributed by atoms with E-state index in [4.69, 9.17) is 17.3 Å². The van der Waals surface area contributed by atoms with Gasteiger partial charge in [-0.1, -0.05) is 25.4 Å². The second-order valence-corrected chi connectivity index (χ2v) is 5.26. The lowest BCUT2D eigenvalue weighted by Crippen LogP contribution is -2.30. The average molecular weight is 280 g/mol. The molecule has 0 aliphatic carbocycles. The molecule has 0 spiro atoms. The van der Waals surface area contributed by atoms with E-state index in [1.807, 2.05) is 10.7 Å². The Bertz CT molecular complexity index is 574. The minimum absolute atomic E-state index is 0.104. The second-order valence-electron chi connectivity index (χ2n) is 4.85. The van der Waals surface area contributed by atoms with Crippen LogP contribution in [0.1, 0.15) is 33.6 Å². The Balaban J connectivity index is 2.52. The highest BCUT2D eigenvalue weighted by Crippen LogP contribution is 2.30. The van der Waals surface area contributed by atoms with Crippen LogP contribution in [-0.4, -0.2) is 20.2 Å². The zero-order valence-corrected chi connectivity index (χ0v) is 12.1. The number of nitrogens with zero attached hydrogens (tertiary/aromatic N) is 4. The minimum Gasteiger partial charge on any atom is -0.398 e. The smallest absolute Gasteiger partial charge is 0.182 e. The van der Waals surface area contributed by atoms with Crippen molar-refractivity contribution in [2.75, 3.05) is 5.73 Å². The first kappa shape index (κ1) is 13.8. The van der Waals surface area contributed by atoms with E-state index in [-0.39, 0.29) is 5.54 Å². The summed E-state index contributed by atoms with van der Waals surface area (Å²) in [5.41, 5.74) is 7.14. The molecule has 6 heteroatoms. The van der Waals surface area contributed by atoms with Crippen molar-refractivity contribution in [1.82, 2.24) is 20.2 Å². The van der Waals surface area contributed by atoms with Crippen LogP contribution in [0.15, 0.2) is 18.2 Å². The van der Waals surface area contributed by atoms with Crippen LogP contribution in [0.2, 0.25) is 5.02 Å². The van der Waals surface area contributed by atoms with Gasteiger partial charge in [0.25, 0.3) is 0 Å². The van der Waals surface area contributed by atoms with Crippen molar-refractivity contribution in [3.63, 3.8) is 0 Å². The predicted molar refractivity (Wildman–Crippen MR) is 76.9 cm³/mol. The normalized spacial score (nSPS) is 11.8. The van der Waals surface area contributed by atoms with Crippen molar-refractivity contribution in [2.45, 2.75) is 39.2 Å². The van der Waals surface area contributed by atoms with Gasteiger partial charge in [-0.2, -0.15) is 0 Å². The fourth-order valence-electron chi connectivity index (χ4n) is 1.96. The highest BCUT2D eigenvalue weighted by molar-refractivity contribution is 6.33. The Morgan fingerprint density at radius 3 is 2.58 bits per heavy atom. The molecule has 0 radical (unpaired) electrons. The Morgan fingerprint density at radius 2 is 2.00 bits per heavy atom. The molecule has 0 bridgehead atoms. The van der Waals surface area contributed by atoms with Crippen LogP contribution >= 0.6 is 11.6 Å². The van der Waals surface area contributed by atoms with Crippen LogP contribution in [0.3, 0.4) is 0 Å². The maximum absolute atomic E-state index is 5.94. The van der Waals surface area contributed by atoms with Gasteiger partial charge in [0.15, 0.2) is 5.82 Å². The Kier molecular flexibility index (Phi) is 3.75. The number of tetrazole rings is 1. The third kappa shape index (κ3) is 2.42. The summed E-state index contributed by atoms with van der Waals surface area (Å²) in [6, 6.07) is 5.45. The molecule has 0 saturated carbocycles. The van der Waals surface area contributed by atoms with E-state index < -0.39 is 0 Å². The Labute approximate surface area is 117 Å². The molecule has 5 nitrogen and oxygen atoms in total. The summed E-state index contributed by atoms with van der Waals surface area (Å²) >= 11 is 5.94. The zero-order chi connectivity index (χ0) is 14.0. The molecule has 0 fully saturated rings. The van der Waals surface area contributed by atoms with E-state index in [0.29, 0.717) is 10.7 Å². The van der Waals surface area contributed by atoms with E-state index in [1.54, 1.807) is 12.1 Å². The first-order valence-corrected chi connectivity index (χ1v) is 6.74. The van der Waals surface area contributed by atoms with Crippen molar-refractivity contribution >= 4 is 17.3 Å². The van der Waals surface area contributed by atoms with Crippen molar-refractivity contribution in [3.8, 4) is 11.4 Å². The molecule has 0 aliphatic rings. The van der Waals surface area contributed by atoms with Crippen LogP contribution in [0.4, 0.5) is 5.69 Å². The SMILES string of the molecule is CCC(C)(CC)n1nnnc1-c1ccc(Cl)c(N)c1. The van der Waals surface area contributed by atoms with Crippen LogP contribution in [0.5, 0.6) is 0 Å². The molecule has 2 N–H and O–H groups in total. The van der Waals surface area contributed by atoms with Crippen LogP contribution in [0.25, 0.3) is 11.4 Å². The van der Waals surface area contributed by atoms with Gasteiger partial charge in [0, 0.05) is 5.56 Å². The number of nitrogen functional groups attached to an aromatic ring is 1. The number of anilines is 1. The Hall–Kier alpha value is -1.62.